The number of benzene rings is 1. The second kappa shape index (κ2) is 4.98. The summed E-state index contributed by atoms with van der Waals surface area (Å²) in [4.78, 5) is 0. The number of aryl methyl sites for hydroxylation is 2. The molecule has 0 aliphatic carbocycles. The summed E-state index contributed by atoms with van der Waals surface area (Å²) in [5.74, 6) is -0.103. The van der Waals surface area contributed by atoms with E-state index in [9.17, 15) is 4.39 Å². The monoisotopic (exact) mass is 249 g/mol. The van der Waals surface area contributed by atoms with Crippen LogP contribution in [0.4, 0.5) is 4.39 Å². The first kappa shape index (κ1) is 12.3. The van der Waals surface area contributed by atoms with Crippen molar-refractivity contribution in [1.82, 2.24) is 5.32 Å². The average molecular weight is 249 g/mol. The van der Waals surface area contributed by atoms with Gasteiger partial charge < -0.3 is 5.32 Å². The fraction of sp³-hybridized carbons (Fsp3) is 0.286. The highest BCUT2D eigenvalue weighted by Gasteiger charge is 2.14. The molecule has 0 fully saturated rings. The van der Waals surface area contributed by atoms with Crippen LogP contribution in [0.1, 0.15) is 28.3 Å². The molecule has 1 N–H and O–H groups in total. The van der Waals surface area contributed by atoms with E-state index in [0.29, 0.717) is 11.1 Å². The SMILES string of the molecule is CNC(c1ccsc1)c1cc(C)c(F)c(C)c1. The van der Waals surface area contributed by atoms with Crippen molar-refractivity contribution in [3.63, 3.8) is 0 Å². The van der Waals surface area contributed by atoms with Crippen LogP contribution in [-0.4, -0.2) is 7.05 Å². The Morgan fingerprint density at radius 1 is 1.18 bits per heavy atom. The fourth-order valence-electron chi connectivity index (χ4n) is 2.11. The summed E-state index contributed by atoms with van der Waals surface area (Å²) in [6, 6.07) is 6.07. The number of thiophene rings is 1. The molecule has 0 bridgehead atoms. The Balaban J connectivity index is 2.45. The maximum Gasteiger partial charge on any atom is 0.129 e. The summed E-state index contributed by atoms with van der Waals surface area (Å²) in [6.45, 7) is 3.62. The summed E-state index contributed by atoms with van der Waals surface area (Å²) in [5.41, 5.74) is 3.75. The van der Waals surface area contributed by atoms with Gasteiger partial charge in [0.05, 0.1) is 6.04 Å². The molecular formula is C14H16FNS. The third-order valence-electron chi connectivity index (χ3n) is 2.96. The Labute approximate surface area is 105 Å². The highest BCUT2D eigenvalue weighted by Crippen LogP contribution is 2.26. The summed E-state index contributed by atoms with van der Waals surface area (Å²) < 4.78 is 13.6. The first-order valence-corrected chi connectivity index (χ1v) is 6.53. The van der Waals surface area contributed by atoms with Gasteiger partial charge >= 0.3 is 0 Å². The highest BCUT2D eigenvalue weighted by atomic mass is 32.1. The molecule has 0 saturated carbocycles. The molecule has 1 aromatic heterocycles. The Morgan fingerprint density at radius 2 is 1.82 bits per heavy atom. The minimum absolute atomic E-state index is 0.103. The summed E-state index contributed by atoms with van der Waals surface area (Å²) in [7, 11) is 1.93. The number of nitrogens with one attached hydrogen (secondary N) is 1. The molecule has 2 rings (SSSR count). The number of halogens is 1. The zero-order valence-corrected chi connectivity index (χ0v) is 11.1. The molecular weight excluding hydrogens is 233 g/mol. The van der Waals surface area contributed by atoms with E-state index >= 15 is 0 Å². The van der Waals surface area contributed by atoms with Gasteiger partial charge in [0.25, 0.3) is 0 Å². The van der Waals surface area contributed by atoms with Gasteiger partial charge in [0.1, 0.15) is 5.82 Å². The largest absolute Gasteiger partial charge is 0.309 e. The predicted molar refractivity (Wildman–Crippen MR) is 71.1 cm³/mol. The lowest BCUT2D eigenvalue weighted by Crippen LogP contribution is -2.17. The van der Waals surface area contributed by atoms with Gasteiger partial charge in [-0.2, -0.15) is 11.3 Å². The first-order valence-electron chi connectivity index (χ1n) is 5.59. The molecule has 0 aliphatic rings. The molecule has 0 spiro atoms. The Bertz CT molecular complexity index is 482. The van der Waals surface area contributed by atoms with E-state index in [4.69, 9.17) is 0 Å². The molecule has 1 atom stereocenters. The maximum atomic E-state index is 13.6. The predicted octanol–water partition coefficient (Wildman–Crippen LogP) is 3.81. The van der Waals surface area contributed by atoms with Crippen molar-refractivity contribution in [2.45, 2.75) is 19.9 Å². The van der Waals surface area contributed by atoms with E-state index in [2.05, 4.69) is 22.1 Å². The lowest BCUT2D eigenvalue weighted by Gasteiger charge is -2.17. The Kier molecular flexibility index (Phi) is 3.60. The summed E-state index contributed by atoms with van der Waals surface area (Å²) in [5, 5.41) is 7.46. The summed E-state index contributed by atoms with van der Waals surface area (Å²) in [6.07, 6.45) is 0. The highest BCUT2D eigenvalue weighted by molar-refractivity contribution is 7.08. The lowest BCUT2D eigenvalue weighted by molar-refractivity contribution is 0.604. The molecule has 1 unspecified atom stereocenters. The van der Waals surface area contributed by atoms with E-state index in [0.717, 1.165) is 5.56 Å². The minimum Gasteiger partial charge on any atom is -0.309 e. The molecule has 90 valence electrons. The van der Waals surface area contributed by atoms with Gasteiger partial charge in [-0.25, -0.2) is 4.39 Å². The lowest BCUT2D eigenvalue weighted by atomic mass is 9.97. The normalized spacial score (nSPS) is 12.7. The van der Waals surface area contributed by atoms with Gasteiger partial charge in [0.15, 0.2) is 0 Å². The Morgan fingerprint density at radius 3 is 2.29 bits per heavy atom. The van der Waals surface area contributed by atoms with E-state index in [1.54, 1.807) is 11.3 Å². The van der Waals surface area contributed by atoms with Crippen LogP contribution in [0.5, 0.6) is 0 Å². The number of rotatable bonds is 3. The topological polar surface area (TPSA) is 12.0 Å². The number of hydrogen-bond donors (Lipinski definition) is 1. The molecule has 0 aliphatic heterocycles. The molecule has 0 amide bonds. The van der Waals surface area contributed by atoms with Crippen molar-refractivity contribution in [2.24, 2.45) is 0 Å². The van der Waals surface area contributed by atoms with Crippen molar-refractivity contribution >= 4 is 11.3 Å². The van der Waals surface area contributed by atoms with Crippen LogP contribution in [0.3, 0.4) is 0 Å². The van der Waals surface area contributed by atoms with Crippen molar-refractivity contribution in [3.05, 3.63) is 57.0 Å². The zero-order valence-electron chi connectivity index (χ0n) is 10.3. The van der Waals surface area contributed by atoms with Gasteiger partial charge in [-0.05, 0) is 60.0 Å². The average Bonchev–Trinajstić information content (AvgIpc) is 2.80. The van der Waals surface area contributed by atoms with E-state index < -0.39 is 0 Å². The van der Waals surface area contributed by atoms with Crippen molar-refractivity contribution in [2.75, 3.05) is 7.05 Å². The second-order valence-corrected chi connectivity index (χ2v) is 5.03. The molecule has 3 heteroatoms. The third-order valence-corrected chi connectivity index (χ3v) is 3.66. The van der Waals surface area contributed by atoms with Crippen molar-refractivity contribution < 1.29 is 4.39 Å². The van der Waals surface area contributed by atoms with Crippen LogP contribution >= 0.6 is 11.3 Å². The standard InChI is InChI=1S/C14H16FNS/c1-9-6-12(7-10(2)13(9)15)14(16-3)11-4-5-17-8-11/h4-8,14,16H,1-3H3. The first-order chi connectivity index (χ1) is 8.13. The zero-order chi connectivity index (χ0) is 12.4. The van der Waals surface area contributed by atoms with E-state index in [-0.39, 0.29) is 11.9 Å². The second-order valence-electron chi connectivity index (χ2n) is 4.25. The van der Waals surface area contributed by atoms with Gasteiger partial charge in [-0.15, -0.1) is 0 Å². The Hall–Kier alpha value is -1.19. The minimum atomic E-state index is -0.103. The molecule has 17 heavy (non-hydrogen) atoms. The smallest absolute Gasteiger partial charge is 0.129 e. The molecule has 1 aromatic carbocycles. The van der Waals surface area contributed by atoms with Crippen LogP contribution < -0.4 is 5.32 Å². The molecule has 1 heterocycles. The summed E-state index contributed by atoms with van der Waals surface area (Å²) >= 11 is 1.68. The van der Waals surface area contributed by atoms with Crippen LogP contribution in [0, 0.1) is 19.7 Å². The maximum absolute atomic E-state index is 13.6. The fourth-order valence-corrected chi connectivity index (χ4v) is 2.80. The third kappa shape index (κ3) is 2.40. The molecule has 2 aromatic rings. The number of hydrogen-bond acceptors (Lipinski definition) is 2. The van der Waals surface area contributed by atoms with Gasteiger partial charge in [-0.1, -0.05) is 12.1 Å². The van der Waals surface area contributed by atoms with Gasteiger partial charge in [0, 0.05) is 0 Å². The van der Waals surface area contributed by atoms with Gasteiger partial charge in [-0.3, -0.25) is 0 Å². The van der Waals surface area contributed by atoms with Crippen LogP contribution in [-0.2, 0) is 0 Å². The van der Waals surface area contributed by atoms with E-state index in [1.807, 2.05) is 33.0 Å². The van der Waals surface area contributed by atoms with Crippen LogP contribution in [0.25, 0.3) is 0 Å². The van der Waals surface area contributed by atoms with Crippen molar-refractivity contribution in [3.8, 4) is 0 Å². The van der Waals surface area contributed by atoms with Crippen molar-refractivity contribution in [1.29, 1.82) is 0 Å². The van der Waals surface area contributed by atoms with E-state index in [1.165, 1.54) is 5.56 Å². The van der Waals surface area contributed by atoms with Gasteiger partial charge in [0.2, 0.25) is 0 Å². The molecule has 0 saturated heterocycles. The van der Waals surface area contributed by atoms with Crippen LogP contribution in [0.2, 0.25) is 0 Å². The van der Waals surface area contributed by atoms with Crippen LogP contribution in [0.15, 0.2) is 29.0 Å². The molecule has 1 nitrogen and oxygen atoms in total. The quantitative estimate of drug-likeness (QED) is 0.872. The molecule has 0 radical (unpaired) electrons.